The molecular weight excluding hydrogens is 398 g/mol. The van der Waals surface area contributed by atoms with Gasteiger partial charge in [0, 0.05) is 32.1 Å². The normalized spacial score (nSPS) is 19.4. The van der Waals surface area contributed by atoms with Crippen LogP contribution >= 0.6 is 12.4 Å². The third-order valence-electron chi connectivity index (χ3n) is 6.13. The number of piperazine rings is 1. The molecule has 0 radical (unpaired) electrons. The fraction of sp³-hybridized carbons (Fsp3) is 0.650. The van der Waals surface area contributed by atoms with Crippen molar-refractivity contribution in [3.63, 3.8) is 0 Å². The van der Waals surface area contributed by atoms with Gasteiger partial charge < -0.3 is 10.2 Å². The van der Waals surface area contributed by atoms with Crippen molar-refractivity contribution in [3.05, 3.63) is 28.3 Å². The average molecular weight is 430 g/mol. The lowest BCUT2D eigenvalue weighted by Gasteiger charge is -2.37. The van der Waals surface area contributed by atoms with Crippen LogP contribution in [0.2, 0.25) is 0 Å². The van der Waals surface area contributed by atoms with E-state index in [-0.39, 0.29) is 24.2 Å². The summed E-state index contributed by atoms with van der Waals surface area (Å²) >= 11 is 0. The van der Waals surface area contributed by atoms with Gasteiger partial charge in [0.15, 0.2) is 0 Å². The maximum atomic E-state index is 13.3. The lowest BCUT2D eigenvalue weighted by Crippen LogP contribution is -2.52. The Morgan fingerprint density at radius 1 is 0.964 bits per heavy atom. The van der Waals surface area contributed by atoms with Gasteiger partial charge in [-0.3, -0.25) is 4.79 Å². The molecule has 1 aromatic carbocycles. The van der Waals surface area contributed by atoms with Gasteiger partial charge in [-0.25, -0.2) is 8.42 Å². The molecule has 0 atom stereocenters. The summed E-state index contributed by atoms with van der Waals surface area (Å²) in [5, 5.41) is 3.28. The van der Waals surface area contributed by atoms with Crippen LogP contribution in [-0.2, 0) is 14.8 Å². The summed E-state index contributed by atoms with van der Waals surface area (Å²) in [6, 6.07) is 2.04. The van der Waals surface area contributed by atoms with Crippen molar-refractivity contribution < 1.29 is 13.2 Å². The van der Waals surface area contributed by atoms with E-state index in [0.717, 1.165) is 48.2 Å². The quantitative estimate of drug-likeness (QED) is 0.799. The van der Waals surface area contributed by atoms with E-state index < -0.39 is 10.0 Å². The van der Waals surface area contributed by atoms with Crippen molar-refractivity contribution in [3.8, 4) is 0 Å². The smallest absolute Gasteiger partial charge is 0.243 e. The Bertz CT molecular complexity index is 801. The molecule has 0 bridgehead atoms. The molecule has 8 heteroatoms. The summed E-state index contributed by atoms with van der Waals surface area (Å²) < 4.78 is 28.2. The topological polar surface area (TPSA) is 69.7 Å². The van der Waals surface area contributed by atoms with E-state index >= 15 is 0 Å². The first kappa shape index (κ1) is 23.1. The van der Waals surface area contributed by atoms with Crippen LogP contribution in [0.3, 0.4) is 0 Å². The number of benzene rings is 1. The third-order valence-corrected chi connectivity index (χ3v) is 8.31. The Balaban J connectivity index is 0.00000280. The van der Waals surface area contributed by atoms with E-state index in [2.05, 4.69) is 5.32 Å². The predicted octanol–water partition coefficient (Wildman–Crippen LogP) is 2.17. The van der Waals surface area contributed by atoms with E-state index in [1.807, 2.05) is 38.7 Å². The van der Waals surface area contributed by atoms with E-state index in [0.29, 0.717) is 31.1 Å². The summed E-state index contributed by atoms with van der Waals surface area (Å²) in [5.74, 6) is 0.269. The Morgan fingerprint density at radius 3 is 1.96 bits per heavy atom. The number of piperidine rings is 1. The summed E-state index contributed by atoms with van der Waals surface area (Å²) in [4.78, 5) is 15.0. The molecule has 2 fully saturated rings. The second-order valence-corrected chi connectivity index (χ2v) is 9.72. The van der Waals surface area contributed by atoms with Crippen LogP contribution < -0.4 is 5.32 Å². The van der Waals surface area contributed by atoms with Gasteiger partial charge in [0.1, 0.15) is 0 Å². The monoisotopic (exact) mass is 429 g/mol. The summed E-state index contributed by atoms with van der Waals surface area (Å²) in [6.45, 7) is 11.1. The summed E-state index contributed by atoms with van der Waals surface area (Å²) in [7, 11) is -3.56. The second kappa shape index (κ2) is 9.11. The Kier molecular flexibility index (Phi) is 7.53. The van der Waals surface area contributed by atoms with Crippen molar-refractivity contribution in [1.82, 2.24) is 14.5 Å². The molecule has 2 heterocycles. The summed E-state index contributed by atoms with van der Waals surface area (Å²) in [6.07, 6.45) is 1.75. The molecule has 0 aliphatic carbocycles. The first-order valence-electron chi connectivity index (χ1n) is 9.80. The Hall–Kier alpha value is -1.15. The van der Waals surface area contributed by atoms with Crippen molar-refractivity contribution >= 4 is 28.3 Å². The first-order valence-corrected chi connectivity index (χ1v) is 11.2. The van der Waals surface area contributed by atoms with Crippen LogP contribution in [0.4, 0.5) is 0 Å². The SMILES string of the molecule is Cc1cc(C)c(C)c(S(=O)(=O)N2CCN(C(=O)C3CCNCC3)CC2)c1C.Cl. The molecular formula is C20H32ClN3O3S. The molecule has 2 aliphatic rings. The van der Waals surface area contributed by atoms with Gasteiger partial charge in [-0.05, 0) is 75.9 Å². The van der Waals surface area contributed by atoms with E-state index in [9.17, 15) is 13.2 Å². The van der Waals surface area contributed by atoms with Crippen LogP contribution in [-0.4, -0.2) is 62.8 Å². The molecule has 2 aliphatic heterocycles. The van der Waals surface area contributed by atoms with Gasteiger partial charge in [-0.1, -0.05) is 6.07 Å². The molecule has 3 rings (SSSR count). The van der Waals surface area contributed by atoms with Crippen LogP contribution in [0.25, 0.3) is 0 Å². The fourth-order valence-electron chi connectivity index (χ4n) is 4.17. The molecule has 0 unspecified atom stereocenters. The van der Waals surface area contributed by atoms with Gasteiger partial charge in [-0.15, -0.1) is 12.4 Å². The van der Waals surface area contributed by atoms with E-state index in [4.69, 9.17) is 0 Å². The number of rotatable bonds is 3. The Labute approximate surface area is 175 Å². The van der Waals surface area contributed by atoms with Gasteiger partial charge in [0.05, 0.1) is 4.90 Å². The lowest BCUT2D eigenvalue weighted by atomic mass is 9.96. The molecule has 0 saturated carbocycles. The molecule has 1 aromatic rings. The molecule has 1 amide bonds. The molecule has 28 heavy (non-hydrogen) atoms. The number of amides is 1. The zero-order valence-corrected chi connectivity index (χ0v) is 18.9. The number of aryl methyl sites for hydroxylation is 2. The van der Waals surface area contributed by atoms with Crippen LogP contribution in [0.5, 0.6) is 0 Å². The Morgan fingerprint density at radius 2 is 1.46 bits per heavy atom. The van der Waals surface area contributed by atoms with Crippen LogP contribution in [0.1, 0.15) is 35.1 Å². The van der Waals surface area contributed by atoms with Crippen LogP contribution in [0, 0.1) is 33.6 Å². The second-order valence-electron chi connectivity index (χ2n) is 7.84. The van der Waals surface area contributed by atoms with Crippen molar-refractivity contribution in [1.29, 1.82) is 0 Å². The molecule has 2 saturated heterocycles. The molecule has 6 nitrogen and oxygen atoms in total. The summed E-state index contributed by atoms with van der Waals surface area (Å²) in [5.41, 5.74) is 3.64. The number of carbonyl (C=O) groups excluding carboxylic acids is 1. The number of nitrogens with one attached hydrogen (secondary N) is 1. The molecule has 158 valence electrons. The van der Waals surface area contributed by atoms with Gasteiger partial charge in [0.25, 0.3) is 0 Å². The predicted molar refractivity (Wildman–Crippen MR) is 114 cm³/mol. The minimum absolute atomic E-state index is 0. The highest BCUT2D eigenvalue weighted by Crippen LogP contribution is 2.29. The highest BCUT2D eigenvalue weighted by molar-refractivity contribution is 7.89. The maximum absolute atomic E-state index is 13.3. The van der Waals surface area contributed by atoms with Gasteiger partial charge in [0.2, 0.25) is 15.9 Å². The van der Waals surface area contributed by atoms with Gasteiger partial charge >= 0.3 is 0 Å². The fourth-order valence-corrected chi connectivity index (χ4v) is 6.17. The van der Waals surface area contributed by atoms with Crippen molar-refractivity contribution in [2.45, 2.75) is 45.4 Å². The number of nitrogens with zero attached hydrogens (tertiary/aromatic N) is 2. The average Bonchev–Trinajstić information content (AvgIpc) is 2.66. The molecule has 1 N–H and O–H groups in total. The number of hydrogen-bond acceptors (Lipinski definition) is 4. The largest absolute Gasteiger partial charge is 0.340 e. The standard InChI is InChI=1S/C20H31N3O3S.ClH/c1-14-13-15(2)17(4)19(16(14)3)27(25,26)23-11-9-22(10-12-23)20(24)18-5-7-21-8-6-18;/h13,18,21H,5-12H2,1-4H3;1H. The minimum atomic E-state index is -3.56. The van der Waals surface area contributed by atoms with E-state index in [1.54, 1.807) is 4.31 Å². The zero-order chi connectivity index (χ0) is 19.8. The van der Waals surface area contributed by atoms with Crippen molar-refractivity contribution in [2.75, 3.05) is 39.3 Å². The van der Waals surface area contributed by atoms with Crippen molar-refractivity contribution in [2.24, 2.45) is 5.92 Å². The molecule has 0 aromatic heterocycles. The maximum Gasteiger partial charge on any atom is 0.243 e. The van der Waals surface area contributed by atoms with E-state index in [1.165, 1.54) is 0 Å². The third kappa shape index (κ3) is 4.37. The number of carbonyl (C=O) groups is 1. The number of halogens is 1. The minimum Gasteiger partial charge on any atom is -0.340 e. The van der Waals surface area contributed by atoms with Gasteiger partial charge in [-0.2, -0.15) is 4.31 Å². The lowest BCUT2D eigenvalue weighted by molar-refractivity contribution is -0.137. The highest BCUT2D eigenvalue weighted by atomic mass is 35.5. The van der Waals surface area contributed by atoms with Crippen LogP contribution in [0.15, 0.2) is 11.0 Å². The first-order chi connectivity index (χ1) is 12.7. The zero-order valence-electron chi connectivity index (χ0n) is 17.2. The highest BCUT2D eigenvalue weighted by Gasteiger charge is 2.34. The molecule has 0 spiro atoms. The number of hydrogen-bond donors (Lipinski definition) is 1. The number of sulfonamides is 1.